The van der Waals surface area contributed by atoms with Crippen LogP contribution in [-0.4, -0.2) is 26.0 Å². The van der Waals surface area contributed by atoms with Crippen LogP contribution in [0.4, 0.5) is 0 Å². The highest BCUT2D eigenvalue weighted by Gasteiger charge is 2.33. The van der Waals surface area contributed by atoms with Crippen LogP contribution in [0, 0.1) is 0 Å². The van der Waals surface area contributed by atoms with Gasteiger partial charge in [0.25, 0.3) is 0 Å². The number of carbonyl (C=O) groups excluding carboxylic acids is 1. The number of hydrogen-bond donors (Lipinski definition) is 1. The summed E-state index contributed by atoms with van der Waals surface area (Å²) in [5.74, 6) is 1.21. The van der Waals surface area contributed by atoms with Gasteiger partial charge in [-0.2, -0.15) is 0 Å². The number of rotatable bonds is 2. The quantitative estimate of drug-likeness (QED) is 0.778. The van der Waals surface area contributed by atoms with Crippen LogP contribution in [0.5, 0.6) is 11.5 Å². The van der Waals surface area contributed by atoms with Crippen LogP contribution in [0.25, 0.3) is 0 Å². The maximum absolute atomic E-state index is 11.8. The fourth-order valence-corrected chi connectivity index (χ4v) is 1.94. The maximum Gasteiger partial charge on any atom is 0.183 e. The third-order valence-electron chi connectivity index (χ3n) is 2.68. The molecule has 80 valence electrons. The van der Waals surface area contributed by atoms with Gasteiger partial charge in [0.15, 0.2) is 5.78 Å². The van der Waals surface area contributed by atoms with Gasteiger partial charge in [-0.05, 0) is 18.6 Å². The van der Waals surface area contributed by atoms with Crippen LogP contribution >= 0.6 is 0 Å². The second-order valence-corrected chi connectivity index (χ2v) is 3.50. The van der Waals surface area contributed by atoms with Crippen LogP contribution in [0.3, 0.4) is 0 Å². The van der Waals surface area contributed by atoms with Crippen molar-refractivity contribution < 1.29 is 14.3 Å². The Kier molecular flexibility index (Phi) is 2.36. The fraction of sp³-hybridized carbons (Fsp3) is 0.364. The number of nitrogens with two attached hydrogens (primary N) is 1. The Balaban J connectivity index is 2.62. The molecule has 1 unspecified atom stereocenters. The van der Waals surface area contributed by atoms with Crippen LogP contribution in [0.1, 0.15) is 15.9 Å². The first-order valence-electron chi connectivity index (χ1n) is 4.72. The lowest BCUT2D eigenvalue weighted by Gasteiger charge is -2.09. The molecule has 15 heavy (non-hydrogen) atoms. The highest BCUT2D eigenvalue weighted by molar-refractivity contribution is 6.07. The molecule has 0 aliphatic heterocycles. The normalized spacial score (nSPS) is 18.9. The lowest BCUT2D eigenvalue weighted by molar-refractivity contribution is 0.0972. The zero-order chi connectivity index (χ0) is 11.0. The smallest absolute Gasteiger partial charge is 0.183 e. The summed E-state index contributed by atoms with van der Waals surface area (Å²) in [4.78, 5) is 11.8. The van der Waals surface area contributed by atoms with Crippen LogP contribution in [-0.2, 0) is 6.42 Å². The van der Waals surface area contributed by atoms with Gasteiger partial charge in [-0.15, -0.1) is 0 Å². The largest absolute Gasteiger partial charge is 0.496 e. The van der Waals surface area contributed by atoms with Crippen molar-refractivity contribution in [1.82, 2.24) is 0 Å². The minimum atomic E-state index is -0.467. The first kappa shape index (κ1) is 9.98. The van der Waals surface area contributed by atoms with Crippen molar-refractivity contribution >= 4 is 5.78 Å². The Hall–Kier alpha value is -1.55. The van der Waals surface area contributed by atoms with E-state index in [1.807, 2.05) is 0 Å². The minimum Gasteiger partial charge on any atom is -0.496 e. The monoisotopic (exact) mass is 207 g/mol. The van der Waals surface area contributed by atoms with Crippen molar-refractivity contribution in [2.45, 2.75) is 12.5 Å². The number of benzene rings is 1. The highest BCUT2D eigenvalue weighted by atomic mass is 16.5. The molecule has 0 fully saturated rings. The highest BCUT2D eigenvalue weighted by Crippen LogP contribution is 2.36. The number of hydrogen-bond acceptors (Lipinski definition) is 4. The van der Waals surface area contributed by atoms with E-state index in [-0.39, 0.29) is 5.78 Å². The number of ether oxygens (including phenoxy) is 2. The van der Waals surface area contributed by atoms with Gasteiger partial charge in [-0.3, -0.25) is 4.79 Å². The molecule has 1 aromatic rings. The summed E-state index contributed by atoms with van der Waals surface area (Å²) in [6.07, 6.45) is 0.522. The molecule has 2 N–H and O–H groups in total. The molecule has 0 heterocycles. The van der Waals surface area contributed by atoms with E-state index in [1.54, 1.807) is 26.4 Å². The van der Waals surface area contributed by atoms with Gasteiger partial charge in [-0.25, -0.2) is 0 Å². The van der Waals surface area contributed by atoms with E-state index in [2.05, 4.69) is 0 Å². The van der Waals surface area contributed by atoms with E-state index in [0.29, 0.717) is 23.5 Å². The van der Waals surface area contributed by atoms with E-state index in [9.17, 15) is 4.79 Å². The summed E-state index contributed by atoms with van der Waals surface area (Å²) in [7, 11) is 3.12. The zero-order valence-electron chi connectivity index (χ0n) is 8.74. The molecule has 0 saturated carbocycles. The average Bonchev–Trinajstić information content (AvgIpc) is 2.55. The maximum atomic E-state index is 11.8. The number of ketones is 1. The summed E-state index contributed by atoms with van der Waals surface area (Å²) >= 11 is 0. The van der Waals surface area contributed by atoms with Crippen molar-refractivity contribution in [3.05, 3.63) is 23.3 Å². The van der Waals surface area contributed by atoms with Crippen molar-refractivity contribution in [2.24, 2.45) is 5.73 Å². The molecule has 0 spiro atoms. The summed E-state index contributed by atoms with van der Waals surface area (Å²) in [6.45, 7) is 0. The summed E-state index contributed by atoms with van der Waals surface area (Å²) < 4.78 is 10.3. The Bertz CT molecular complexity index is 415. The molecule has 2 rings (SSSR count). The van der Waals surface area contributed by atoms with Crippen molar-refractivity contribution in [3.63, 3.8) is 0 Å². The SMILES string of the molecule is COc1ccc(OC)c2c1CC(N)C2=O. The molecular formula is C11H13NO3. The van der Waals surface area contributed by atoms with Crippen molar-refractivity contribution in [2.75, 3.05) is 14.2 Å². The summed E-state index contributed by atoms with van der Waals surface area (Å²) in [5, 5.41) is 0. The van der Waals surface area contributed by atoms with Crippen LogP contribution in [0.2, 0.25) is 0 Å². The first-order chi connectivity index (χ1) is 7.19. The minimum absolute atomic E-state index is 0.0687. The molecule has 1 aliphatic carbocycles. The van der Waals surface area contributed by atoms with E-state index >= 15 is 0 Å². The first-order valence-corrected chi connectivity index (χ1v) is 4.72. The molecular weight excluding hydrogens is 194 g/mol. The molecule has 4 heteroatoms. The molecule has 0 amide bonds. The number of Topliss-reactive ketones (excluding diaryl/α,β-unsaturated/α-hetero) is 1. The molecule has 4 nitrogen and oxygen atoms in total. The number of methoxy groups -OCH3 is 2. The van der Waals surface area contributed by atoms with E-state index in [4.69, 9.17) is 15.2 Å². The Morgan fingerprint density at radius 2 is 1.87 bits per heavy atom. The summed E-state index contributed by atoms with van der Waals surface area (Å²) in [6, 6.07) is 3.06. The van der Waals surface area contributed by atoms with Crippen LogP contribution in [0.15, 0.2) is 12.1 Å². The third-order valence-corrected chi connectivity index (χ3v) is 2.68. The summed E-state index contributed by atoms with van der Waals surface area (Å²) in [5.41, 5.74) is 7.14. The third kappa shape index (κ3) is 1.37. The van der Waals surface area contributed by atoms with Crippen LogP contribution < -0.4 is 15.2 Å². The van der Waals surface area contributed by atoms with Gasteiger partial charge < -0.3 is 15.2 Å². The average molecular weight is 207 g/mol. The topological polar surface area (TPSA) is 61.6 Å². The van der Waals surface area contributed by atoms with Gasteiger partial charge in [-0.1, -0.05) is 0 Å². The van der Waals surface area contributed by atoms with Crippen molar-refractivity contribution in [1.29, 1.82) is 0 Å². The molecule has 0 aromatic heterocycles. The zero-order valence-corrected chi connectivity index (χ0v) is 8.74. The van der Waals surface area contributed by atoms with Gasteiger partial charge in [0, 0.05) is 5.56 Å². The Labute approximate surface area is 88.0 Å². The lowest BCUT2D eigenvalue weighted by atomic mass is 10.1. The number of fused-ring (bicyclic) bond motifs is 1. The predicted octanol–water partition coefficient (Wildman–Crippen LogP) is 0.770. The van der Waals surface area contributed by atoms with Crippen molar-refractivity contribution in [3.8, 4) is 11.5 Å². The van der Waals surface area contributed by atoms with Gasteiger partial charge >= 0.3 is 0 Å². The standard InChI is InChI=1S/C11H13NO3/c1-14-8-3-4-9(15-2)10-6(8)5-7(12)11(10)13/h3-4,7H,5,12H2,1-2H3. The van der Waals surface area contributed by atoms with Gasteiger partial charge in [0.2, 0.25) is 0 Å². The predicted molar refractivity (Wildman–Crippen MR) is 55.6 cm³/mol. The molecule has 0 saturated heterocycles. The Morgan fingerprint density at radius 1 is 1.27 bits per heavy atom. The van der Waals surface area contributed by atoms with E-state index < -0.39 is 6.04 Å². The molecule has 1 aromatic carbocycles. The fourth-order valence-electron chi connectivity index (χ4n) is 1.94. The molecule has 0 radical (unpaired) electrons. The number of carbonyl (C=O) groups is 1. The molecule has 1 aliphatic rings. The second-order valence-electron chi connectivity index (χ2n) is 3.50. The van der Waals surface area contributed by atoms with Gasteiger partial charge in [0.1, 0.15) is 11.5 Å². The van der Waals surface area contributed by atoms with E-state index in [0.717, 1.165) is 5.56 Å². The van der Waals surface area contributed by atoms with E-state index in [1.165, 1.54) is 0 Å². The molecule has 1 atom stereocenters. The molecule has 0 bridgehead atoms. The van der Waals surface area contributed by atoms with Gasteiger partial charge in [0.05, 0.1) is 25.8 Å². The Morgan fingerprint density at radius 3 is 2.47 bits per heavy atom. The second kappa shape index (κ2) is 3.55. The lowest BCUT2D eigenvalue weighted by Crippen LogP contribution is -2.26.